The lowest BCUT2D eigenvalue weighted by molar-refractivity contribution is -0.131. The van der Waals surface area contributed by atoms with E-state index in [4.69, 9.17) is 9.15 Å². The summed E-state index contributed by atoms with van der Waals surface area (Å²) < 4.78 is 24.0. The second-order valence-corrected chi connectivity index (χ2v) is 6.89. The van der Waals surface area contributed by atoms with E-state index in [1.54, 1.807) is 30.2 Å². The molecule has 5 nitrogen and oxygen atoms in total. The van der Waals surface area contributed by atoms with E-state index in [-0.39, 0.29) is 24.6 Å². The van der Waals surface area contributed by atoms with Gasteiger partial charge in [0.25, 0.3) is 0 Å². The van der Waals surface area contributed by atoms with Gasteiger partial charge in [0, 0.05) is 36.5 Å². The Hall–Kier alpha value is -3.15. The Bertz CT molecular complexity index is 1090. The first kappa shape index (κ1) is 20.6. The summed E-state index contributed by atoms with van der Waals surface area (Å²) in [4.78, 5) is 26.8. The van der Waals surface area contributed by atoms with Crippen LogP contribution in [0.5, 0.6) is 5.75 Å². The molecule has 1 amide bonds. The third-order valence-electron chi connectivity index (χ3n) is 5.08. The van der Waals surface area contributed by atoms with Gasteiger partial charge in [-0.3, -0.25) is 4.79 Å². The Morgan fingerprint density at radius 2 is 2.00 bits per heavy atom. The smallest absolute Gasteiger partial charge is 0.339 e. The Labute approximate surface area is 168 Å². The minimum absolute atomic E-state index is 0.0922. The van der Waals surface area contributed by atoms with E-state index in [2.05, 4.69) is 0 Å². The van der Waals surface area contributed by atoms with Crippen molar-refractivity contribution in [3.63, 3.8) is 0 Å². The first-order chi connectivity index (χ1) is 13.9. The van der Waals surface area contributed by atoms with E-state index < -0.39 is 5.63 Å². The normalized spacial score (nSPS) is 10.9. The highest BCUT2D eigenvalue weighted by Crippen LogP contribution is 2.24. The highest BCUT2D eigenvalue weighted by molar-refractivity contribution is 5.82. The van der Waals surface area contributed by atoms with Crippen molar-refractivity contribution in [2.45, 2.75) is 33.2 Å². The molecule has 0 spiro atoms. The molecule has 0 aliphatic heterocycles. The van der Waals surface area contributed by atoms with Crippen LogP contribution in [0.3, 0.4) is 0 Å². The van der Waals surface area contributed by atoms with Gasteiger partial charge in [-0.2, -0.15) is 0 Å². The summed E-state index contributed by atoms with van der Waals surface area (Å²) in [5, 5.41) is 0.819. The summed E-state index contributed by atoms with van der Waals surface area (Å²) in [6.07, 6.45) is 0.463. The molecule has 0 saturated heterocycles. The lowest BCUT2D eigenvalue weighted by atomic mass is 10.0. The summed E-state index contributed by atoms with van der Waals surface area (Å²) >= 11 is 0. The minimum atomic E-state index is -0.441. The van der Waals surface area contributed by atoms with Gasteiger partial charge in [0.1, 0.15) is 17.1 Å². The number of hydrogen-bond donors (Lipinski definition) is 0. The average molecular weight is 397 g/mol. The number of hydrogen-bond acceptors (Lipinski definition) is 4. The second kappa shape index (κ2) is 8.90. The van der Waals surface area contributed by atoms with Gasteiger partial charge in [-0.15, -0.1) is 0 Å². The molecule has 0 radical (unpaired) electrons. The first-order valence-electron chi connectivity index (χ1n) is 9.55. The fraction of sp³-hybridized carbons (Fsp3) is 0.304. The molecule has 0 N–H and O–H groups in total. The molecule has 0 atom stereocenters. The van der Waals surface area contributed by atoms with Crippen molar-refractivity contribution in [2.75, 3.05) is 13.7 Å². The lowest BCUT2D eigenvalue weighted by Crippen LogP contribution is -2.31. The standard InChI is InChI=1S/C23H24FNO4/c1-4-25(14-16-6-5-7-17(24)12-16)22(26)11-10-20-15(2)19-9-8-18(28-3)13-21(19)29-23(20)27/h5-9,12-13H,4,10-11,14H2,1-3H3. The van der Waals surface area contributed by atoms with Crippen LogP contribution < -0.4 is 10.4 Å². The van der Waals surface area contributed by atoms with Crippen LogP contribution in [0.1, 0.15) is 30.0 Å². The fourth-order valence-corrected chi connectivity index (χ4v) is 3.41. The molecule has 0 saturated carbocycles. The molecule has 3 rings (SSSR count). The SMILES string of the molecule is CCN(Cc1cccc(F)c1)C(=O)CCc1c(C)c2ccc(OC)cc2oc1=O. The van der Waals surface area contributed by atoms with Crippen LogP contribution in [0.25, 0.3) is 11.0 Å². The maximum atomic E-state index is 13.4. The van der Waals surface area contributed by atoms with E-state index in [9.17, 15) is 14.0 Å². The number of fused-ring (bicyclic) bond motifs is 1. The molecule has 0 bridgehead atoms. The van der Waals surface area contributed by atoms with Gasteiger partial charge in [-0.05, 0) is 55.7 Å². The largest absolute Gasteiger partial charge is 0.497 e. The molecule has 0 unspecified atom stereocenters. The van der Waals surface area contributed by atoms with Gasteiger partial charge in [0.2, 0.25) is 5.91 Å². The van der Waals surface area contributed by atoms with Crippen LogP contribution in [0, 0.1) is 12.7 Å². The topological polar surface area (TPSA) is 59.8 Å². The number of carbonyl (C=O) groups excluding carboxylic acids is 1. The Balaban J connectivity index is 1.76. The number of ether oxygens (including phenoxy) is 1. The van der Waals surface area contributed by atoms with Crippen LogP contribution in [-0.4, -0.2) is 24.5 Å². The fourth-order valence-electron chi connectivity index (χ4n) is 3.41. The zero-order chi connectivity index (χ0) is 21.0. The second-order valence-electron chi connectivity index (χ2n) is 6.89. The monoisotopic (exact) mass is 397 g/mol. The molecule has 0 aliphatic rings. The van der Waals surface area contributed by atoms with Crippen molar-refractivity contribution in [1.82, 2.24) is 4.90 Å². The van der Waals surface area contributed by atoms with Gasteiger partial charge in [-0.25, -0.2) is 9.18 Å². The molecule has 2 aromatic carbocycles. The van der Waals surface area contributed by atoms with Gasteiger partial charge in [-0.1, -0.05) is 12.1 Å². The van der Waals surface area contributed by atoms with Gasteiger partial charge >= 0.3 is 5.63 Å². The number of amides is 1. The van der Waals surface area contributed by atoms with E-state index in [0.717, 1.165) is 16.5 Å². The molecular formula is C23H24FNO4. The Morgan fingerprint density at radius 3 is 2.69 bits per heavy atom. The molecule has 1 aromatic heterocycles. The first-order valence-corrected chi connectivity index (χ1v) is 9.55. The summed E-state index contributed by atoms with van der Waals surface area (Å²) in [6.45, 7) is 4.56. The van der Waals surface area contributed by atoms with Crippen molar-refractivity contribution >= 4 is 16.9 Å². The summed E-state index contributed by atoms with van der Waals surface area (Å²) in [5.41, 5.74) is 2.06. The van der Waals surface area contributed by atoms with Crippen molar-refractivity contribution in [3.05, 3.63) is 75.4 Å². The molecule has 6 heteroatoms. The highest BCUT2D eigenvalue weighted by atomic mass is 19.1. The maximum Gasteiger partial charge on any atom is 0.339 e. The highest BCUT2D eigenvalue weighted by Gasteiger charge is 2.17. The Morgan fingerprint density at radius 1 is 1.21 bits per heavy atom. The predicted octanol–water partition coefficient (Wildman–Crippen LogP) is 4.23. The van der Waals surface area contributed by atoms with Crippen molar-refractivity contribution in [3.8, 4) is 5.75 Å². The predicted molar refractivity (Wildman–Crippen MR) is 110 cm³/mol. The summed E-state index contributed by atoms with van der Waals surface area (Å²) in [5.74, 6) is 0.191. The lowest BCUT2D eigenvalue weighted by Gasteiger charge is -2.21. The van der Waals surface area contributed by atoms with E-state index in [1.807, 2.05) is 26.0 Å². The van der Waals surface area contributed by atoms with Gasteiger partial charge < -0.3 is 14.1 Å². The number of halogens is 1. The van der Waals surface area contributed by atoms with Gasteiger partial charge in [0.15, 0.2) is 0 Å². The number of rotatable bonds is 7. The molecular weight excluding hydrogens is 373 g/mol. The van der Waals surface area contributed by atoms with E-state index >= 15 is 0 Å². The average Bonchev–Trinajstić information content (AvgIpc) is 2.71. The van der Waals surface area contributed by atoms with Crippen molar-refractivity contribution in [1.29, 1.82) is 0 Å². The third-order valence-corrected chi connectivity index (χ3v) is 5.08. The van der Waals surface area contributed by atoms with Crippen LogP contribution in [0.4, 0.5) is 4.39 Å². The molecule has 0 fully saturated rings. The minimum Gasteiger partial charge on any atom is -0.497 e. The summed E-state index contributed by atoms with van der Waals surface area (Å²) in [7, 11) is 1.55. The van der Waals surface area contributed by atoms with Gasteiger partial charge in [0.05, 0.1) is 7.11 Å². The third kappa shape index (κ3) is 4.65. The van der Waals surface area contributed by atoms with Crippen LogP contribution in [0.15, 0.2) is 51.7 Å². The molecule has 0 aliphatic carbocycles. The van der Waals surface area contributed by atoms with E-state index in [1.165, 1.54) is 12.1 Å². The molecule has 29 heavy (non-hydrogen) atoms. The molecule has 1 heterocycles. The molecule has 152 valence electrons. The quantitative estimate of drug-likeness (QED) is 0.560. The summed E-state index contributed by atoms with van der Waals surface area (Å²) in [6, 6.07) is 11.5. The van der Waals surface area contributed by atoms with Crippen LogP contribution in [-0.2, 0) is 17.8 Å². The van der Waals surface area contributed by atoms with Crippen molar-refractivity contribution < 1.29 is 18.3 Å². The van der Waals surface area contributed by atoms with Crippen molar-refractivity contribution in [2.24, 2.45) is 0 Å². The Kier molecular flexibility index (Phi) is 6.32. The zero-order valence-corrected chi connectivity index (χ0v) is 16.8. The van der Waals surface area contributed by atoms with E-state index in [0.29, 0.717) is 30.0 Å². The number of aryl methyl sites for hydroxylation is 1. The maximum absolute atomic E-state index is 13.4. The number of benzene rings is 2. The number of carbonyl (C=O) groups is 1. The van der Waals surface area contributed by atoms with Crippen LogP contribution in [0.2, 0.25) is 0 Å². The zero-order valence-electron chi connectivity index (χ0n) is 16.8. The molecule has 3 aromatic rings. The number of methoxy groups -OCH3 is 1. The van der Waals surface area contributed by atoms with Crippen LogP contribution >= 0.6 is 0 Å². The number of nitrogens with zero attached hydrogens (tertiary/aromatic N) is 1.